The molecule has 0 unspecified atom stereocenters. The maximum atomic E-state index is 12.7. The molecule has 2 saturated carbocycles. The lowest BCUT2D eigenvalue weighted by atomic mass is 9.81. The first-order chi connectivity index (χ1) is 10.6. The fraction of sp³-hybridized carbons (Fsp3) is 0.471. The fourth-order valence-corrected chi connectivity index (χ4v) is 4.52. The number of amides is 2. The second-order valence-corrected chi connectivity index (χ2v) is 6.49. The van der Waals surface area contributed by atoms with Crippen LogP contribution in [0.2, 0.25) is 0 Å². The molecule has 1 aromatic carbocycles. The van der Waals surface area contributed by atoms with Crippen LogP contribution in [0, 0.1) is 23.7 Å². The standard InChI is InChI=1S/C17H17NO4/c1-9(19)22-13-4-2-3-12(8-13)18-16(20)14-10-5-6-11(7-10)15(14)17(18)21/h2-4,8,10-11,14-15H,5-7H2,1H3/t10-,11-,14-,15-/m0/s1. The minimum absolute atomic E-state index is 0.0813. The monoisotopic (exact) mass is 299 g/mol. The van der Waals surface area contributed by atoms with Crippen LogP contribution < -0.4 is 9.64 Å². The van der Waals surface area contributed by atoms with Gasteiger partial charge in [-0.1, -0.05) is 6.07 Å². The van der Waals surface area contributed by atoms with Crippen LogP contribution in [0.3, 0.4) is 0 Å². The molecule has 1 heterocycles. The smallest absolute Gasteiger partial charge is 0.308 e. The van der Waals surface area contributed by atoms with Gasteiger partial charge >= 0.3 is 5.97 Å². The highest BCUT2D eigenvalue weighted by Crippen LogP contribution is 2.56. The van der Waals surface area contributed by atoms with E-state index < -0.39 is 5.97 Å². The van der Waals surface area contributed by atoms with Gasteiger partial charge in [-0.05, 0) is 43.2 Å². The number of nitrogens with zero attached hydrogens (tertiary/aromatic N) is 1. The van der Waals surface area contributed by atoms with Crippen molar-refractivity contribution in [3.63, 3.8) is 0 Å². The van der Waals surface area contributed by atoms with Gasteiger partial charge in [0.15, 0.2) is 0 Å². The van der Waals surface area contributed by atoms with E-state index in [1.165, 1.54) is 11.8 Å². The van der Waals surface area contributed by atoms with E-state index >= 15 is 0 Å². The van der Waals surface area contributed by atoms with Crippen molar-refractivity contribution < 1.29 is 19.1 Å². The zero-order valence-electron chi connectivity index (χ0n) is 12.3. The third-order valence-electron chi connectivity index (χ3n) is 5.26. The second-order valence-electron chi connectivity index (χ2n) is 6.49. The van der Waals surface area contributed by atoms with E-state index in [0.29, 0.717) is 23.3 Å². The lowest BCUT2D eigenvalue weighted by Crippen LogP contribution is -2.32. The molecule has 2 bridgehead atoms. The summed E-state index contributed by atoms with van der Waals surface area (Å²) in [6, 6.07) is 6.63. The molecule has 2 aliphatic carbocycles. The molecule has 5 heteroatoms. The average molecular weight is 299 g/mol. The van der Waals surface area contributed by atoms with Crippen molar-refractivity contribution in [3.05, 3.63) is 24.3 Å². The third-order valence-corrected chi connectivity index (χ3v) is 5.26. The number of carbonyl (C=O) groups excluding carboxylic acids is 3. The normalized spacial score (nSPS) is 32.5. The molecule has 1 saturated heterocycles. The van der Waals surface area contributed by atoms with Gasteiger partial charge in [-0.25, -0.2) is 4.90 Å². The van der Waals surface area contributed by atoms with Crippen LogP contribution in [0.25, 0.3) is 0 Å². The van der Waals surface area contributed by atoms with Crippen molar-refractivity contribution in [3.8, 4) is 5.75 Å². The molecule has 0 N–H and O–H groups in total. The van der Waals surface area contributed by atoms with E-state index in [0.717, 1.165) is 19.3 Å². The molecule has 0 radical (unpaired) electrons. The van der Waals surface area contributed by atoms with Gasteiger partial charge in [0.1, 0.15) is 5.75 Å². The molecular weight excluding hydrogens is 282 g/mol. The molecule has 4 rings (SSSR count). The van der Waals surface area contributed by atoms with Gasteiger partial charge in [0.05, 0.1) is 17.5 Å². The summed E-state index contributed by atoms with van der Waals surface area (Å²) in [4.78, 5) is 37.8. The van der Waals surface area contributed by atoms with Crippen LogP contribution in [-0.2, 0) is 14.4 Å². The Morgan fingerprint density at radius 3 is 2.36 bits per heavy atom. The molecule has 0 spiro atoms. The highest BCUT2D eigenvalue weighted by molar-refractivity contribution is 6.22. The molecule has 5 nitrogen and oxygen atoms in total. The quantitative estimate of drug-likeness (QED) is 0.477. The number of fused-ring (bicyclic) bond motifs is 5. The molecule has 4 atom stereocenters. The van der Waals surface area contributed by atoms with Crippen LogP contribution in [0.4, 0.5) is 5.69 Å². The lowest BCUT2D eigenvalue weighted by Gasteiger charge is -2.19. The van der Waals surface area contributed by atoms with Crippen LogP contribution in [0.5, 0.6) is 5.75 Å². The van der Waals surface area contributed by atoms with Gasteiger partial charge in [0, 0.05) is 13.0 Å². The van der Waals surface area contributed by atoms with E-state index in [9.17, 15) is 14.4 Å². The van der Waals surface area contributed by atoms with Crippen LogP contribution >= 0.6 is 0 Å². The Bertz CT molecular complexity index is 655. The molecule has 22 heavy (non-hydrogen) atoms. The molecule has 1 aliphatic heterocycles. The largest absolute Gasteiger partial charge is 0.427 e. The summed E-state index contributed by atoms with van der Waals surface area (Å²) in [5, 5.41) is 0. The predicted molar refractivity (Wildman–Crippen MR) is 78.1 cm³/mol. The van der Waals surface area contributed by atoms with E-state index in [1.54, 1.807) is 24.3 Å². The van der Waals surface area contributed by atoms with Crippen molar-refractivity contribution >= 4 is 23.5 Å². The number of anilines is 1. The second kappa shape index (κ2) is 4.66. The summed E-state index contributed by atoms with van der Waals surface area (Å²) < 4.78 is 5.05. The number of benzene rings is 1. The Balaban J connectivity index is 1.67. The van der Waals surface area contributed by atoms with E-state index in [-0.39, 0.29) is 23.7 Å². The number of esters is 1. The maximum Gasteiger partial charge on any atom is 0.308 e. The van der Waals surface area contributed by atoms with Gasteiger partial charge in [-0.15, -0.1) is 0 Å². The zero-order chi connectivity index (χ0) is 15.4. The van der Waals surface area contributed by atoms with Crippen molar-refractivity contribution in [2.24, 2.45) is 23.7 Å². The molecule has 0 aromatic heterocycles. The highest BCUT2D eigenvalue weighted by atomic mass is 16.5. The molecule has 3 fully saturated rings. The first kappa shape index (κ1) is 13.5. The number of imide groups is 1. The highest BCUT2D eigenvalue weighted by Gasteiger charge is 2.61. The van der Waals surface area contributed by atoms with E-state index in [4.69, 9.17) is 4.74 Å². The fourth-order valence-electron chi connectivity index (χ4n) is 4.52. The van der Waals surface area contributed by atoms with Crippen molar-refractivity contribution in [2.75, 3.05) is 4.90 Å². The van der Waals surface area contributed by atoms with Gasteiger partial charge < -0.3 is 4.74 Å². The summed E-state index contributed by atoms with van der Waals surface area (Å²) in [5.41, 5.74) is 0.502. The molecule has 114 valence electrons. The zero-order valence-corrected chi connectivity index (χ0v) is 12.3. The number of hydrogen-bond donors (Lipinski definition) is 0. The number of hydrogen-bond acceptors (Lipinski definition) is 4. The SMILES string of the molecule is CC(=O)Oc1cccc(N2C(=O)[C@H]3[C@H]4CC[C@@H](C4)[C@@H]3C2=O)c1. The van der Waals surface area contributed by atoms with Gasteiger partial charge in [-0.3, -0.25) is 14.4 Å². The first-order valence-corrected chi connectivity index (χ1v) is 7.72. The number of carbonyl (C=O) groups is 3. The molecule has 3 aliphatic rings. The molecular formula is C17H17NO4. The summed E-state index contributed by atoms with van der Waals surface area (Å²) in [5.74, 6) is 0.231. The molecule has 2 amide bonds. The lowest BCUT2D eigenvalue weighted by molar-refractivity contribution is -0.132. The maximum absolute atomic E-state index is 12.7. The van der Waals surface area contributed by atoms with Gasteiger partial charge in [0.25, 0.3) is 0 Å². The van der Waals surface area contributed by atoms with Crippen LogP contribution in [0.15, 0.2) is 24.3 Å². The van der Waals surface area contributed by atoms with Crippen molar-refractivity contribution in [1.82, 2.24) is 0 Å². The Hall–Kier alpha value is -2.17. The summed E-state index contributed by atoms with van der Waals surface area (Å²) in [6.07, 6.45) is 3.15. The summed E-state index contributed by atoms with van der Waals surface area (Å²) in [6.45, 7) is 1.32. The molecule has 1 aromatic rings. The minimum atomic E-state index is -0.425. The van der Waals surface area contributed by atoms with Gasteiger partial charge in [0.2, 0.25) is 11.8 Å². The predicted octanol–water partition coefficient (Wildman–Crippen LogP) is 2.15. The topological polar surface area (TPSA) is 63.7 Å². The van der Waals surface area contributed by atoms with Crippen molar-refractivity contribution in [1.29, 1.82) is 0 Å². The average Bonchev–Trinajstić information content (AvgIpc) is 3.12. The number of ether oxygens (including phenoxy) is 1. The van der Waals surface area contributed by atoms with Crippen LogP contribution in [-0.4, -0.2) is 17.8 Å². The summed E-state index contributed by atoms with van der Waals surface area (Å²) in [7, 11) is 0. The Morgan fingerprint density at radius 1 is 1.14 bits per heavy atom. The first-order valence-electron chi connectivity index (χ1n) is 7.72. The van der Waals surface area contributed by atoms with Crippen molar-refractivity contribution in [2.45, 2.75) is 26.2 Å². The minimum Gasteiger partial charge on any atom is -0.427 e. The van der Waals surface area contributed by atoms with E-state index in [1.807, 2.05) is 0 Å². The Labute approximate surface area is 128 Å². The van der Waals surface area contributed by atoms with Crippen LogP contribution in [0.1, 0.15) is 26.2 Å². The Morgan fingerprint density at radius 2 is 1.77 bits per heavy atom. The van der Waals surface area contributed by atoms with Gasteiger partial charge in [-0.2, -0.15) is 0 Å². The Kier molecular flexibility index (Phi) is 2.86. The third kappa shape index (κ3) is 1.81. The number of rotatable bonds is 2. The summed E-state index contributed by atoms with van der Waals surface area (Å²) >= 11 is 0. The van der Waals surface area contributed by atoms with E-state index in [2.05, 4.69) is 0 Å².